The summed E-state index contributed by atoms with van der Waals surface area (Å²) in [5.74, 6) is 0.420. The van der Waals surface area contributed by atoms with Gasteiger partial charge < -0.3 is 11.1 Å². The quantitative estimate of drug-likeness (QED) is 0.298. The van der Waals surface area contributed by atoms with Gasteiger partial charge in [0.2, 0.25) is 0 Å². The number of primary amides is 1. The molecule has 4 heterocycles. The van der Waals surface area contributed by atoms with Crippen LogP contribution in [0.2, 0.25) is 0 Å². The van der Waals surface area contributed by atoms with E-state index >= 15 is 0 Å². The number of nitrogens with zero attached hydrogens (tertiary/aromatic N) is 4. The van der Waals surface area contributed by atoms with Crippen LogP contribution in [0, 0.1) is 0 Å². The van der Waals surface area contributed by atoms with E-state index in [1.54, 1.807) is 18.1 Å². The molecule has 1 aliphatic rings. The summed E-state index contributed by atoms with van der Waals surface area (Å²) in [6, 6.07) is 7.58. The first kappa shape index (κ1) is 22.5. The second-order valence-corrected chi connectivity index (χ2v) is 8.18. The molecular formula is C23H12BrF3N6O2. The maximum atomic E-state index is 14.4. The van der Waals surface area contributed by atoms with Gasteiger partial charge in [0.1, 0.15) is 16.0 Å². The van der Waals surface area contributed by atoms with Gasteiger partial charge in [-0.05, 0) is 40.2 Å². The molecule has 0 bridgehead atoms. The lowest BCUT2D eigenvalue weighted by molar-refractivity contribution is -0.143. The van der Waals surface area contributed by atoms with Crippen LogP contribution < -0.4 is 11.1 Å². The van der Waals surface area contributed by atoms with Gasteiger partial charge in [0.15, 0.2) is 11.6 Å². The largest absolute Gasteiger partial charge is 0.434 e. The van der Waals surface area contributed by atoms with E-state index in [0.29, 0.717) is 25.8 Å². The molecule has 35 heavy (non-hydrogen) atoms. The number of pyridine rings is 2. The maximum absolute atomic E-state index is 14.4. The van der Waals surface area contributed by atoms with E-state index in [2.05, 4.69) is 36.3 Å². The zero-order valence-electron chi connectivity index (χ0n) is 17.4. The molecule has 1 aliphatic heterocycles. The van der Waals surface area contributed by atoms with Crippen LogP contribution >= 0.6 is 15.9 Å². The van der Waals surface area contributed by atoms with Crippen LogP contribution in [0.4, 0.5) is 13.2 Å². The van der Waals surface area contributed by atoms with E-state index in [4.69, 9.17) is 5.73 Å². The maximum Gasteiger partial charge on any atom is 0.434 e. The lowest BCUT2D eigenvalue weighted by atomic mass is 10.00. The molecule has 0 radical (unpaired) electrons. The van der Waals surface area contributed by atoms with Crippen molar-refractivity contribution in [2.24, 2.45) is 5.73 Å². The van der Waals surface area contributed by atoms with Crippen molar-refractivity contribution in [3.8, 4) is 16.9 Å². The molecule has 0 atom stereocenters. The van der Waals surface area contributed by atoms with E-state index in [1.807, 2.05) is 0 Å². The Balaban J connectivity index is 1.85. The van der Waals surface area contributed by atoms with Gasteiger partial charge >= 0.3 is 6.18 Å². The second-order valence-electron chi connectivity index (χ2n) is 7.43. The number of benzene rings is 1. The van der Waals surface area contributed by atoms with E-state index in [1.165, 1.54) is 42.9 Å². The Hall–Kier alpha value is -4.28. The van der Waals surface area contributed by atoms with E-state index in [9.17, 15) is 22.8 Å². The van der Waals surface area contributed by atoms with Crippen molar-refractivity contribution in [2.75, 3.05) is 0 Å². The van der Waals surface area contributed by atoms with E-state index < -0.39 is 23.3 Å². The number of amides is 1. The van der Waals surface area contributed by atoms with E-state index in [0.717, 1.165) is 0 Å². The van der Waals surface area contributed by atoms with Crippen LogP contribution in [0.3, 0.4) is 0 Å². The molecule has 0 fully saturated rings. The van der Waals surface area contributed by atoms with Gasteiger partial charge in [-0.15, -0.1) is 0 Å². The van der Waals surface area contributed by atoms with Crippen molar-refractivity contribution < 1.29 is 22.8 Å². The summed E-state index contributed by atoms with van der Waals surface area (Å²) in [5.41, 5.74) is 4.33. The fourth-order valence-corrected chi connectivity index (χ4v) is 4.37. The Labute approximate surface area is 203 Å². The molecule has 4 aromatic rings. The molecule has 12 heteroatoms. The van der Waals surface area contributed by atoms with E-state index in [-0.39, 0.29) is 28.2 Å². The Morgan fingerprint density at radius 1 is 1.20 bits per heavy atom. The number of hydrogen-bond acceptors (Lipinski definition) is 6. The highest BCUT2D eigenvalue weighted by atomic mass is 79.9. The lowest BCUT2D eigenvalue weighted by Gasteiger charge is -2.18. The Bertz CT molecular complexity index is 1620. The minimum Gasteiger partial charge on any atom is -0.365 e. The molecule has 5 rings (SSSR count). The summed E-state index contributed by atoms with van der Waals surface area (Å²) < 4.78 is 44.2. The minimum absolute atomic E-state index is 0.00864. The molecule has 0 saturated heterocycles. The summed E-state index contributed by atoms with van der Waals surface area (Å²) in [4.78, 5) is 32.1. The van der Waals surface area contributed by atoms with Crippen molar-refractivity contribution in [1.29, 1.82) is 0 Å². The molecule has 0 unspecified atom stereocenters. The molecule has 0 saturated carbocycles. The smallest absolute Gasteiger partial charge is 0.365 e. The van der Waals surface area contributed by atoms with Gasteiger partial charge in [-0.1, -0.05) is 12.1 Å². The van der Waals surface area contributed by atoms with Crippen molar-refractivity contribution in [2.45, 2.75) is 6.18 Å². The average molecular weight is 541 g/mol. The third-order valence-corrected chi connectivity index (χ3v) is 6.03. The predicted molar refractivity (Wildman–Crippen MR) is 125 cm³/mol. The SMILES string of the molecule is NC(=O)c1c(-c2cnc3ccnc(Br)c3c2)nn(-c2cccc3c2C=CNC3=C=O)c1C(F)(F)F. The van der Waals surface area contributed by atoms with Gasteiger partial charge in [0.05, 0.1) is 16.8 Å². The summed E-state index contributed by atoms with van der Waals surface area (Å²) in [6.45, 7) is 0. The van der Waals surface area contributed by atoms with Gasteiger partial charge in [-0.3, -0.25) is 9.78 Å². The van der Waals surface area contributed by atoms with Crippen LogP contribution in [-0.2, 0) is 11.0 Å². The number of hydrogen-bond donors (Lipinski definition) is 2. The minimum atomic E-state index is -5.00. The standard InChI is InChI=1S/C23H12BrF3N6O2/c24-21-14-8-11(9-31-15(14)5-7-30-21)19-18(22(28)35)20(23(25,26)27)33(32-19)17-3-1-2-12-13(17)4-6-29-16(12)10-34/h1-9,29H,(H2,28,35). The first-order valence-corrected chi connectivity index (χ1v) is 10.7. The monoisotopic (exact) mass is 540 g/mol. The highest BCUT2D eigenvalue weighted by Gasteiger charge is 2.43. The Morgan fingerprint density at radius 2 is 2.00 bits per heavy atom. The summed E-state index contributed by atoms with van der Waals surface area (Å²) in [7, 11) is 0. The predicted octanol–water partition coefficient (Wildman–Crippen LogP) is 4.11. The van der Waals surface area contributed by atoms with Gasteiger partial charge in [-0.25, -0.2) is 14.5 Å². The van der Waals surface area contributed by atoms with Crippen LogP contribution in [0.25, 0.3) is 39.6 Å². The number of nitrogens with one attached hydrogen (secondary N) is 1. The molecule has 8 nitrogen and oxygen atoms in total. The zero-order valence-corrected chi connectivity index (χ0v) is 19.0. The number of nitrogens with two attached hydrogens (primary N) is 1. The summed E-state index contributed by atoms with van der Waals surface area (Å²) >= 11 is 3.30. The number of fused-ring (bicyclic) bond motifs is 2. The fourth-order valence-electron chi connectivity index (χ4n) is 3.94. The zero-order chi connectivity index (χ0) is 24.9. The molecule has 1 amide bonds. The molecule has 0 aliphatic carbocycles. The topological polar surface area (TPSA) is 116 Å². The number of halogens is 4. The number of rotatable bonds is 3. The molecule has 0 spiro atoms. The van der Waals surface area contributed by atoms with Gasteiger partial charge in [0, 0.05) is 40.7 Å². The highest BCUT2D eigenvalue weighted by Crippen LogP contribution is 2.40. The number of carbonyl (C=O) groups excluding carboxylic acids is 2. The van der Waals surface area contributed by atoms with Crippen molar-refractivity contribution in [3.63, 3.8) is 0 Å². The molecule has 3 aromatic heterocycles. The van der Waals surface area contributed by atoms with Crippen LogP contribution in [0.5, 0.6) is 0 Å². The Kier molecular flexibility index (Phi) is 5.27. The number of aromatic nitrogens is 4. The van der Waals surface area contributed by atoms with Gasteiger partial charge in [-0.2, -0.15) is 18.3 Å². The first-order valence-electron chi connectivity index (χ1n) is 9.93. The third-order valence-electron chi connectivity index (χ3n) is 5.40. The summed E-state index contributed by atoms with van der Waals surface area (Å²) in [6.07, 6.45) is 0.734. The number of alkyl halides is 3. The fraction of sp³-hybridized carbons (Fsp3) is 0.0435. The molecular weight excluding hydrogens is 529 g/mol. The van der Waals surface area contributed by atoms with Crippen LogP contribution in [0.15, 0.2) is 53.5 Å². The Morgan fingerprint density at radius 3 is 2.71 bits per heavy atom. The van der Waals surface area contributed by atoms with Gasteiger partial charge in [0.25, 0.3) is 5.91 Å². The van der Waals surface area contributed by atoms with Crippen LogP contribution in [0.1, 0.15) is 27.2 Å². The lowest BCUT2D eigenvalue weighted by Crippen LogP contribution is -2.22. The number of carbonyl (C=O) groups is 1. The molecule has 1 aromatic carbocycles. The first-order chi connectivity index (χ1) is 16.7. The normalized spacial score (nSPS) is 12.9. The van der Waals surface area contributed by atoms with Crippen molar-refractivity contribution in [1.82, 2.24) is 25.1 Å². The molecule has 3 N–H and O–H groups in total. The highest BCUT2D eigenvalue weighted by molar-refractivity contribution is 9.10. The second kappa shape index (κ2) is 8.19. The molecule has 174 valence electrons. The van der Waals surface area contributed by atoms with Crippen molar-refractivity contribution >= 4 is 50.5 Å². The summed E-state index contributed by atoms with van der Waals surface area (Å²) in [5, 5.41) is 7.40. The van der Waals surface area contributed by atoms with Crippen molar-refractivity contribution in [3.05, 3.63) is 75.9 Å². The third kappa shape index (κ3) is 3.69. The van der Waals surface area contributed by atoms with Crippen LogP contribution in [-0.4, -0.2) is 31.6 Å². The average Bonchev–Trinajstić information content (AvgIpc) is 3.25.